The van der Waals surface area contributed by atoms with Gasteiger partial charge in [-0.1, -0.05) is 0 Å². The van der Waals surface area contributed by atoms with Crippen LogP contribution in [0.3, 0.4) is 0 Å². The van der Waals surface area contributed by atoms with E-state index < -0.39 is 0 Å². The van der Waals surface area contributed by atoms with Crippen molar-refractivity contribution in [2.24, 2.45) is 11.3 Å². The monoisotopic (exact) mass is 383 g/mol. The Morgan fingerprint density at radius 1 is 1.35 bits per heavy atom. The van der Waals surface area contributed by atoms with Gasteiger partial charge in [-0.05, 0) is 45.1 Å². The first-order chi connectivity index (χ1) is 12.0. The SMILES string of the molecule is CC(C)Nc1ncc(C(=O)N2CCC3(CCNCC3CO)CC2)cn1.Cl. The standard InChI is InChI=1S/C18H29N5O2.ClH/c1-13(2)22-17-20-9-14(10-21-17)16(25)23-7-4-18(5-8-23)3-6-19-11-15(18)12-24;/h9-10,13,15,19,24H,3-8,11-12H2,1-2H3,(H,20,21,22);1H. The number of anilines is 1. The van der Waals surface area contributed by atoms with Gasteiger partial charge in [0, 0.05) is 50.6 Å². The molecule has 1 spiro atoms. The maximum atomic E-state index is 12.7. The zero-order chi connectivity index (χ0) is 17.9. The Hall–Kier alpha value is -1.44. The van der Waals surface area contributed by atoms with E-state index in [1.54, 1.807) is 12.4 Å². The van der Waals surface area contributed by atoms with Crippen LogP contribution in [-0.4, -0.2) is 64.7 Å². The molecule has 3 rings (SSSR count). The molecular formula is C18H30ClN5O2. The normalized spacial score (nSPS) is 22.2. The molecule has 0 radical (unpaired) electrons. The van der Waals surface area contributed by atoms with E-state index in [-0.39, 0.29) is 36.4 Å². The van der Waals surface area contributed by atoms with Crippen LogP contribution in [-0.2, 0) is 0 Å². The molecule has 2 aliphatic rings. The van der Waals surface area contributed by atoms with Gasteiger partial charge in [-0.25, -0.2) is 9.97 Å². The number of carbonyl (C=O) groups excluding carboxylic acids is 1. The lowest BCUT2D eigenvalue weighted by Crippen LogP contribution is -2.53. The van der Waals surface area contributed by atoms with E-state index in [1.807, 2.05) is 18.7 Å². The van der Waals surface area contributed by atoms with Crippen molar-refractivity contribution in [3.8, 4) is 0 Å². The van der Waals surface area contributed by atoms with E-state index in [0.717, 1.165) is 45.4 Å². The van der Waals surface area contributed by atoms with Crippen molar-refractivity contribution in [2.45, 2.75) is 39.2 Å². The summed E-state index contributed by atoms with van der Waals surface area (Å²) in [6.07, 6.45) is 6.20. The van der Waals surface area contributed by atoms with Gasteiger partial charge in [0.05, 0.1) is 5.56 Å². The first-order valence-electron chi connectivity index (χ1n) is 9.23. The summed E-state index contributed by atoms with van der Waals surface area (Å²) in [5.74, 6) is 0.841. The van der Waals surface area contributed by atoms with Crippen molar-refractivity contribution in [1.82, 2.24) is 20.2 Å². The molecule has 1 amide bonds. The van der Waals surface area contributed by atoms with Gasteiger partial charge in [-0.3, -0.25) is 4.79 Å². The van der Waals surface area contributed by atoms with Crippen molar-refractivity contribution in [3.63, 3.8) is 0 Å². The van der Waals surface area contributed by atoms with Crippen molar-refractivity contribution in [3.05, 3.63) is 18.0 Å². The number of nitrogens with one attached hydrogen (secondary N) is 2. The van der Waals surface area contributed by atoms with Gasteiger partial charge in [0.2, 0.25) is 5.95 Å². The lowest BCUT2D eigenvalue weighted by Gasteiger charge is -2.49. The lowest BCUT2D eigenvalue weighted by molar-refractivity contribution is -0.00117. The van der Waals surface area contributed by atoms with E-state index in [2.05, 4.69) is 20.6 Å². The molecule has 0 aliphatic carbocycles. The van der Waals surface area contributed by atoms with Crippen LogP contribution >= 0.6 is 12.4 Å². The van der Waals surface area contributed by atoms with Crippen LogP contribution < -0.4 is 10.6 Å². The number of likely N-dealkylation sites (tertiary alicyclic amines) is 1. The Balaban J connectivity index is 0.00000243. The Morgan fingerprint density at radius 2 is 2.00 bits per heavy atom. The number of hydrogen-bond donors (Lipinski definition) is 3. The summed E-state index contributed by atoms with van der Waals surface area (Å²) < 4.78 is 0. The van der Waals surface area contributed by atoms with E-state index >= 15 is 0 Å². The fourth-order valence-electron chi connectivity index (χ4n) is 4.06. The number of aliphatic hydroxyl groups excluding tert-OH is 1. The number of aliphatic hydroxyl groups is 1. The molecule has 26 heavy (non-hydrogen) atoms. The van der Waals surface area contributed by atoms with Crippen molar-refractivity contribution < 1.29 is 9.90 Å². The third kappa shape index (κ3) is 4.45. The first-order valence-corrected chi connectivity index (χ1v) is 9.23. The fourth-order valence-corrected chi connectivity index (χ4v) is 4.06. The largest absolute Gasteiger partial charge is 0.396 e. The Kier molecular flexibility index (Phi) is 7.20. The van der Waals surface area contributed by atoms with Gasteiger partial charge in [-0.2, -0.15) is 0 Å². The van der Waals surface area contributed by atoms with E-state index in [1.165, 1.54) is 0 Å². The van der Waals surface area contributed by atoms with Gasteiger partial charge in [0.15, 0.2) is 0 Å². The molecule has 1 aromatic heterocycles. The van der Waals surface area contributed by atoms with Crippen LogP contribution in [0.4, 0.5) is 5.95 Å². The highest BCUT2D eigenvalue weighted by Gasteiger charge is 2.43. The fraction of sp³-hybridized carbons (Fsp3) is 0.722. The summed E-state index contributed by atoms with van der Waals surface area (Å²) in [4.78, 5) is 23.1. The number of carbonyl (C=O) groups is 1. The second-order valence-corrected chi connectivity index (χ2v) is 7.58. The zero-order valence-electron chi connectivity index (χ0n) is 15.6. The highest BCUT2D eigenvalue weighted by molar-refractivity contribution is 5.93. The molecule has 2 saturated heterocycles. The van der Waals surface area contributed by atoms with Crippen molar-refractivity contribution in [1.29, 1.82) is 0 Å². The average Bonchev–Trinajstić information content (AvgIpc) is 2.62. The molecule has 1 aromatic rings. The van der Waals surface area contributed by atoms with Crippen molar-refractivity contribution in [2.75, 3.05) is 38.1 Å². The van der Waals surface area contributed by atoms with Gasteiger partial charge < -0.3 is 20.6 Å². The summed E-state index contributed by atoms with van der Waals surface area (Å²) in [5, 5.41) is 16.2. The van der Waals surface area contributed by atoms with Crippen LogP contribution in [0.2, 0.25) is 0 Å². The molecule has 146 valence electrons. The molecule has 1 unspecified atom stereocenters. The zero-order valence-corrected chi connectivity index (χ0v) is 16.4. The third-order valence-electron chi connectivity index (χ3n) is 5.64. The van der Waals surface area contributed by atoms with Crippen molar-refractivity contribution >= 4 is 24.3 Å². The van der Waals surface area contributed by atoms with Crippen LogP contribution in [0.15, 0.2) is 12.4 Å². The summed E-state index contributed by atoms with van der Waals surface area (Å²) >= 11 is 0. The molecular weight excluding hydrogens is 354 g/mol. The van der Waals surface area contributed by atoms with Crippen LogP contribution in [0.5, 0.6) is 0 Å². The summed E-state index contributed by atoms with van der Waals surface area (Å²) in [6.45, 7) is 7.62. The average molecular weight is 384 g/mol. The predicted molar refractivity (Wildman–Crippen MR) is 104 cm³/mol. The van der Waals surface area contributed by atoms with Crippen LogP contribution in [0, 0.1) is 11.3 Å². The van der Waals surface area contributed by atoms with Gasteiger partial charge >= 0.3 is 0 Å². The molecule has 7 nitrogen and oxygen atoms in total. The quantitative estimate of drug-likeness (QED) is 0.730. The topological polar surface area (TPSA) is 90.4 Å². The Bertz CT molecular complexity index is 588. The highest BCUT2D eigenvalue weighted by atomic mass is 35.5. The molecule has 8 heteroatoms. The number of rotatable bonds is 4. The Labute approximate surface area is 161 Å². The number of hydrogen-bond acceptors (Lipinski definition) is 6. The first kappa shape index (κ1) is 20.9. The number of aromatic nitrogens is 2. The summed E-state index contributed by atoms with van der Waals surface area (Å²) in [7, 11) is 0. The number of halogens is 1. The van der Waals surface area contributed by atoms with Crippen LogP contribution in [0.25, 0.3) is 0 Å². The number of amides is 1. The van der Waals surface area contributed by atoms with E-state index in [0.29, 0.717) is 17.4 Å². The maximum absolute atomic E-state index is 12.7. The minimum Gasteiger partial charge on any atom is -0.396 e. The second-order valence-electron chi connectivity index (χ2n) is 7.58. The molecule has 0 saturated carbocycles. The molecule has 1 atom stereocenters. The van der Waals surface area contributed by atoms with Gasteiger partial charge in [0.1, 0.15) is 0 Å². The van der Waals surface area contributed by atoms with Gasteiger partial charge in [0.25, 0.3) is 5.91 Å². The van der Waals surface area contributed by atoms with Crippen LogP contribution in [0.1, 0.15) is 43.5 Å². The number of nitrogens with zero attached hydrogens (tertiary/aromatic N) is 3. The minimum atomic E-state index is 0. The minimum absolute atomic E-state index is 0. The maximum Gasteiger partial charge on any atom is 0.256 e. The van der Waals surface area contributed by atoms with Gasteiger partial charge in [-0.15, -0.1) is 12.4 Å². The second kappa shape index (κ2) is 8.97. The molecule has 3 N–H and O–H groups in total. The van der Waals surface area contributed by atoms with E-state index in [9.17, 15) is 9.90 Å². The Morgan fingerprint density at radius 3 is 2.58 bits per heavy atom. The summed E-state index contributed by atoms with van der Waals surface area (Å²) in [5.41, 5.74) is 0.715. The molecule has 2 fully saturated rings. The molecule has 0 bridgehead atoms. The lowest BCUT2D eigenvalue weighted by atomic mass is 9.65. The highest BCUT2D eigenvalue weighted by Crippen LogP contribution is 2.43. The third-order valence-corrected chi connectivity index (χ3v) is 5.64. The molecule has 2 aliphatic heterocycles. The predicted octanol–water partition coefficient (Wildman–Crippen LogP) is 1.54. The molecule has 3 heterocycles. The smallest absolute Gasteiger partial charge is 0.256 e. The van der Waals surface area contributed by atoms with E-state index in [4.69, 9.17) is 0 Å². The summed E-state index contributed by atoms with van der Waals surface area (Å²) in [6, 6.07) is 0.254. The number of piperidine rings is 2. The molecule has 0 aromatic carbocycles.